The lowest BCUT2D eigenvalue weighted by atomic mass is 10.1. The molecule has 3 rings (SSSR count). The van der Waals surface area contributed by atoms with Crippen LogP contribution in [-0.2, 0) is 24.2 Å². The predicted octanol–water partition coefficient (Wildman–Crippen LogP) is 2.17. The molecule has 9 heteroatoms. The Labute approximate surface area is 177 Å². The maximum Gasteiger partial charge on any atom is 0.194 e. The Morgan fingerprint density at radius 1 is 1.48 bits per heavy atom. The first-order valence-electron chi connectivity index (χ1n) is 9.22. The zero-order chi connectivity index (χ0) is 18.2. The van der Waals surface area contributed by atoms with Gasteiger partial charge in [0, 0.05) is 45.6 Å². The highest BCUT2D eigenvalue weighted by Crippen LogP contribution is 2.12. The Morgan fingerprint density at radius 2 is 2.37 bits per heavy atom. The Bertz CT molecular complexity index is 682. The fourth-order valence-corrected chi connectivity index (χ4v) is 2.99. The minimum Gasteiger partial charge on any atom is -0.467 e. The van der Waals surface area contributed by atoms with Gasteiger partial charge in [-0.15, -0.1) is 34.2 Å². The molecule has 8 nitrogen and oxygen atoms in total. The molecule has 27 heavy (non-hydrogen) atoms. The second-order valence-corrected chi connectivity index (χ2v) is 6.55. The van der Waals surface area contributed by atoms with Gasteiger partial charge in [0.1, 0.15) is 17.9 Å². The van der Waals surface area contributed by atoms with E-state index in [0.29, 0.717) is 12.5 Å². The van der Waals surface area contributed by atoms with Crippen molar-refractivity contribution in [2.45, 2.75) is 32.9 Å². The van der Waals surface area contributed by atoms with E-state index in [4.69, 9.17) is 14.1 Å². The number of nitrogens with one attached hydrogen (secondary N) is 1. The molecule has 1 saturated heterocycles. The van der Waals surface area contributed by atoms with Gasteiger partial charge in [-0.05, 0) is 18.6 Å². The SMILES string of the molecule is CCc1nncn1CCNC(=NCC1CCOC1)N(C)Cc1ccco1.I. The summed E-state index contributed by atoms with van der Waals surface area (Å²) in [5, 5.41) is 11.6. The molecule has 3 heterocycles. The highest BCUT2D eigenvalue weighted by atomic mass is 127. The van der Waals surface area contributed by atoms with Crippen LogP contribution in [0.15, 0.2) is 34.1 Å². The van der Waals surface area contributed by atoms with E-state index < -0.39 is 0 Å². The molecule has 1 aliphatic rings. The average molecular weight is 488 g/mol. The van der Waals surface area contributed by atoms with Crippen molar-refractivity contribution in [3.8, 4) is 0 Å². The third-order valence-corrected chi connectivity index (χ3v) is 4.51. The Morgan fingerprint density at radius 3 is 3.07 bits per heavy atom. The molecule has 1 aliphatic heterocycles. The van der Waals surface area contributed by atoms with Crippen molar-refractivity contribution in [2.24, 2.45) is 10.9 Å². The Hall–Kier alpha value is -1.62. The molecule has 0 spiro atoms. The van der Waals surface area contributed by atoms with E-state index in [2.05, 4.69) is 31.9 Å². The van der Waals surface area contributed by atoms with Gasteiger partial charge in [0.15, 0.2) is 5.96 Å². The molecule has 2 aromatic heterocycles. The van der Waals surface area contributed by atoms with Crippen LogP contribution in [0.3, 0.4) is 0 Å². The highest BCUT2D eigenvalue weighted by molar-refractivity contribution is 14.0. The molecule has 0 bridgehead atoms. The number of aryl methyl sites for hydroxylation is 1. The number of hydrogen-bond acceptors (Lipinski definition) is 5. The molecule has 0 saturated carbocycles. The number of aromatic nitrogens is 3. The number of halogens is 1. The van der Waals surface area contributed by atoms with Gasteiger partial charge in [-0.25, -0.2) is 0 Å². The molecule has 0 radical (unpaired) electrons. The van der Waals surface area contributed by atoms with Crippen molar-refractivity contribution in [1.82, 2.24) is 25.0 Å². The van der Waals surface area contributed by atoms with Crippen LogP contribution in [0, 0.1) is 5.92 Å². The van der Waals surface area contributed by atoms with E-state index in [1.807, 2.05) is 19.2 Å². The lowest BCUT2D eigenvalue weighted by Gasteiger charge is -2.22. The molecule has 0 amide bonds. The number of aliphatic imine (C=N–C) groups is 1. The first-order valence-corrected chi connectivity index (χ1v) is 9.22. The normalized spacial score (nSPS) is 17.0. The van der Waals surface area contributed by atoms with E-state index in [1.165, 1.54) is 0 Å². The van der Waals surface area contributed by atoms with Crippen molar-refractivity contribution in [1.29, 1.82) is 0 Å². The molecule has 1 unspecified atom stereocenters. The topological polar surface area (TPSA) is 80.7 Å². The van der Waals surface area contributed by atoms with Crippen molar-refractivity contribution in [3.63, 3.8) is 0 Å². The van der Waals surface area contributed by atoms with Crippen LogP contribution >= 0.6 is 24.0 Å². The first kappa shape index (κ1) is 21.7. The summed E-state index contributed by atoms with van der Waals surface area (Å²) in [6, 6.07) is 3.88. The van der Waals surface area contributed by atoms with Gasteiger partial charge >= 0.3 is 0 Å². The second kappa shape index (κ2) is 11.3. The number of hydrogen-bond donors (Lipinski definition) is 1. The fraction of sp³-hybridized carbons (Fsp3) is 0.611. The summed E-state index contributed by atoms with van der Waals surface area (Å²) in [5.41, 5.74) is 0. The van der Waals surface area contributed by atoms with Crippen molar-refractivity contribution in [2.75, 3.05) is 33.4 Å². The smallest absolute Gasteiger partial charge is 0.194 e. The summed E-state index contributed by atoms with van der Waals surface area (Å²) >= 11 is 0. The standard InChI is InChI=1S/C18H28N6O2.HI/c1-3-17-22-21-14-24(17)8-7-19-18(20-11-15-6-10-25-13-15)23(2)12-16-5-4-9-26-16;/h4-5,9,14-15H,3,6-8,10-13H2,1-2H3,(H,19,20);1H. The van der Waals surface area contributed by atoms with E-state index in [1.54, 1.807) is 12.6 Å². The van der Waals surface area contributed by atoms with Gasteiger partial charge in [-0.3, -0.25) is 4.99 Å². The first-order chi connectivity index (χ1) is 12.8. The summed E-state index contributed by atoms with van der Waals surface area (Å²) < 4.78 is 13.0. The molecule has 2 aromatic rings. The minimum atomic E-state index is 0. The van der Waals surface area contributed by atoms with Crippen LogP contribution in [0.1, 0.15) is 24.9 Å². The summed E-state index contributed by atoms with van der Waals surface area (Å²) in [4.78, 5) is 6.90. The summed E-state index contributed by atoms with van der Waals surface area (Å²) in [5.74, 6) is 3.29. The van der Waals surface area contributed by atoms with Gasteiger partial charge in [0.05, 0.1) is 19.4 Å². The number of guanidine groups is 1. The average Bonchev–Trinajstić information content (AvgIpc) is 3.39. The van der Waals surface area contributed by atoms with Crippen molar-refractivity contribution >= 4 is 29.9 Å². The highest BCUT2D eigenvalue weighted by Gasteiger charge is 2.16. The lowest BCUT2D eigenvalue weighted by molar-refractivity contribution is 0.187. The lowest BCUT2D eigenvalue weighted by Crippen LogP contribution is -2.40. The largest absolute Gasteiger partial charge is 0.467 e. The number of ether oxygens (including phenoxy) is 1. The monoisotopic (exact) mass is 488 g/mol. The molecule has 1 atom stereocenters. The fourth-order valence-electron chi connectivity index (χ4n) is 2.99. The Kier molecular flexibility index (Phi) is 9.05. The van der Waals surface area contributed by atoms with E-state index in [9.17, 15) is 0 Å². The van der Waals surface area contributed by atoms with E-state index in [-0.39, 0.29) is 24.0 Å². The quantitative estimate of drug-likeness (QED) is 0.349. The molecule has 1 fully saturated rings. The maximum atomic E-state index is 5.46. The predicted molar refractivity (Wildman–Crippen MR) is 114 cm³/mol. The molecular formula is C18H29IN6O2. The van der Waals surface area contributed by atoms with Gasteiger partial charge in [0.25, 0.3) is 0 Å². The van der Waals surface area contributed by atoms with E-state index in [0.717, 1.165) is 63.2 Å². The molecule has 0 aliphatic carbocycles. The van der Waals surface area contributed by atoms with Gasteiger partial charge < -0.3 is 23.9 Å². The molecule has 0 aromatic carbocycles. The summed E-state index contributed by atoms with van der Waals surface area (Å²) in [7, 11) is 2.02. The van der Waals surface area contributed by atoms with Crippen LogP contribution < -0.4 is 5.32 Å². The Balaban J connectivity index is 0.00000261. The molecule has 150 valence electrons. The zero-order valence-corrected chi connectivity index (χ0v) is 18.3. The van der Waals surface area contributed by atoms with Crippen LogP contribution in [0.25, 0.3) is 0 Å². The summed E-state index contributed by atoms with van der Waals surface area (Å²) in [6.07, 6.45) is 5.43. The molecule has 1 N–H and O–H groups in total. The van der Waals surface area contributed by atoms with Gasteiger partial charge in [-0.2, -0.15) is 0 Å². The summed E-state index contributed by atoms with van der Waals surface area (Å²) in [6.45, 7) is 6.74. The number of furan rings is 1. The van der Waals surface area contributed by atoms with Gasteiger partial charge in [0.2, 0.25) is 0 Å². The van der Waals surface area contributed by atoms with Crippen molar-refractivity contribution < 1.29 is 9.15 Å². The van der Waals surface area contributed by atoms with Crippen LogP contribution in [-0.4, -0.2) is 59.0 Å². The second-order valence-electron chi connectivity index (χ2n) is 6.55. The number of rotatable bonds is 8. The van der Waals surface area contributed by atoms with Crippen LogP contribution in [0.2, 0.25) is 0 Å². The number of nitrogens with zero attached hydrogens (tertiary/aromatic N) is 5. The minimum absolute atomic E-state index is 0. The van der Waals surface area contributed by atoms with E-state index >= 15 is 0 Å². The zero-order valence-electron chi connectivity index (χ0n) is 16.0. The van der Waals surface area contributed by atoms with Gasteiger partial charge in [-0.1, -0.05) is 6.92 Å². The van der Waals surface area contributed by atoms with Crippen LogP contribution in [0.4, 0.5) is 0 Å². The van der Waals surface area contributed by atoms with Crippen LogP contribution in [0.5, 0.6) is 0 Å². The van der Waals surface area contributed by atoms with Crippen molar-refractivity contribution in [3.05, 3.63) is 36.3 Å². The third kappa shape index (κ3) is 6.49. The maximum absolute atomic E-state index is 5.46. The third-order valence-electron chi connectivity index (χ3n) is 4.51. The molecular weight excluding hydrogens is 459 g/mol.